The van der Waals surface area contributed by atoms with Crippen LogP contribution in [0.3, 0.4) is 0 Å². The first-order valence-electron chi connectivity index (χ1n) is 26.0. The maximum absolute atomic E-state index is 15.0. The third kappa shape index (κ3) is 14.0. The Balaban J connectivity index is 1.49. The summed E-state index contributed by atoms with van der Waals surface area (Å²) in [6.45, 7) is 13.2. The number of aliphatic hydroxyl groups is 3. The lowest BCUT2D eigenvalue weighted by atomic mass is 9.55. The molecule has 6 atom stereocenters. The molecule has 1 heterocycles. The molecular formula is C57H82N2O9. The third-order valence-corrected chi connectivity index (χ3v) is 13.9. The van der Waals surface area contributed by atoms with Crippen molar-refractivity contribution in [3.05, 3.63) is 90.5 Å². The maximum atomic E-state index is 15.0. The predicted molar refractivity (Wildman–Crippen MR) is 271 cm³/mol. The van der Waals surface area contributed by atoms with E-state index in [1.807, 2.05) is 56.0 Å². The molecule has 1 amide bonds. The van der Waals surface area contributed by atoms with Crippen molar-refractivity contribution in [1.82, 2.24) is 4.90 Å². The third-order valence-electron chi connectivity index (χ3n) is 13.9. The number of unbranched alkanes of at least 4 members (excludes halogenated alkanes) is 10. The van der Waals surface area contributed by atoms with Gasteiger partial charge in [-0.05, 0) is 111 Å². The molecule has 6 rings (SSSR count). The van der Waals surface area contributed by atoms with Gasteiger partial charge in [0.15, 0.2) is 0 Å². The van der Waals surface area contributed by atoms with E-state index < -0.39 is 23.3 Å². The average molecular weight is 939 g/mol. The van der Waals surface area contributed by atoms with Crippen molar-refractivity contribution in [3.63, 3.8) is 0 Å². The van der Waals surface area contributed by atoms with Gasteiger partial charge in [-0.25, -0.2) is 0 Å². The number of carbonyl (C=O) groups is 1. The van der Waals surface area contributed by atoms with E-state index in [0.717, 1.165) is 78.3 Å². The Morgan fingerprint density at radius 2 is 1.53 bits per heavy atom. The monoisotopic (exact) mass is 939 g/mol. The Labute approximate surface area is 406 Å². The molecule has 1 fully saturated rings. The number of hydrogen-bond acceptors (Lipinski definition) is 10. The molecule has 1 saturated carbocycles. The highest BCUT2D eigenvalue weighted by molar-refractivity contribution is 6.03. The zero-order chi connectivity index (χ0) is 48.4. The van der Waals surface area contributed by atoms with E-state index in [9.17, 15) is 15.3 Å². The number of allylic oxidation sites excluding steroid dienone is 1. The first kappa shape index (κ1) is 53.1. The van der Waals surface area contributed by atoms with Crippen molar-refractivity contribution in [2.24, 2.45) is 22.9 Å². The highest BCUT2D eigenvalue weighted by Gasteiger charge is 2.65. The van der Waals surface area contributed by atoms with Crippen LogP contribution in [0, 0.1) is 17.8 Å². The van der Waals surface area contributed by atoms with Crippen LogP contribution < -0.4 is 9.47 Å². The average Bonchev–Trinajstić information content (AvgIpc) is 3.33. The summed E-state index contributed by atoms with van der Waals surface area (Å²) in [4.78, 5) is 23.2. The molecule has 3 aromatic carbocycles. The first-order valence-corrected chi connectivity index (χ1v) is 26.0. The van der Waals surface area contributed by atoms with Gasteiger partial charge in [-0.3, -0.25) is 4.79 Å². The van der Waals surface area contributed by atoms with E-state index in [1.54, 1.807) is 6.08 Å². The Hall–Kier alpha value is -4.26. The molecule has 3 aliphatic rings. The van der Waals surface area contributed by atoms with Crippen molar-refractivity contribution in [2.75, 3.05) is 46.2 Å². The van der Waals surface area contributed by atoms with Gasteiger partial charge in [0.2, 0.25) is 11.7 Å². The number of amides is 1. The number of aliphatic hydroxyl groups excluding tert-OH is 3. The van der Waals surface area contributed by atoms with E-state index in [2.05, 4.69) is 49.9 Å². The summed E-state index contributed by atoms with van der Waals surface area (Å²) in [6.07, 6.45) is 19.8. The van der Waals surface area contributed by atoms with Gasteiger partial charge >= 0.3 is 0 Å². The van der Waals surface area contributed by atoms with Crippen molar-refractivity contribution < 1.29 is 43.9 Å². The molecule has 11 heteroatoms. The maximum Gasteiger partial charge on any atom is 0.239 e. The minimum absolute atomic E-state index is 0.00194. The molecule has 0 bridgehead atoms. The minimum Gasteiger partial charge on any atom is -0.459 e. The Bertz CT molecular complexity index is 2100. The fourth-order valence-electron chi connectivity index (χ4n) is 10.8. The molecule has 374 valence electrons. The zero-order valence-electron chi connectivity index (χ0n) is 41.7. The molecule has 0 saturated heterocycles. The standard InChI is InChI=1S/C57H82N2O9/c1-6-8-9-10-11-12-13-14-15-26-53(63)59(31-36-64-37-34-62)52-41-50(58-68-56(3,4)5)48-39-44(24-18-20-32-60)47(25-19-21-33-61)54-49-40-46(66-45-28-27-42-22-16-17-23-43(42)38-45)29-30-51(49)67-57(52,55(48)54)65-35-7-2/h7,16-17,22-23,27-30,38-40,44,47,52,54-55,60-62H,2,6,8-15,18-21,24-26,31-37,41H2,1,3-5H3. The molecule has 2 aliphatic carbocycles. The van der Waals surface area contributed by atoms with Gasteiger partial charge in [0.05, 0.1) is 38.1 Å². The van der Waals surface area contributed by atoms with Gasteiger partial charge in [-0.15, -0.1) is 6.58 Å². The number of benzene rings is 3. The Kier molecular flexibility index (Phi) is 20.8. The fraction of sp³-hybridized carbons (Fsp3) is 0.614. The lowest BCUT2D eigenvalue weighted by Crippen LogP contribution is -2.70. The van der Waals surface area contributed by atoms with E-state index >= 15 is 4.79 Å². The zero-order valence-corrected chi connectivity index (χ0v) is 41.7. The highest BCUT2D eigenvalue weighted by Crippen LogP contribution is 2.62. The summed E-state index contributed by atoms with van der Waals surface area (Å²) in [6, 6.07) is 19.8. The van der Waals surface area contributed by atoms with Crippen LogP contribution in [0.1, 0.15) is 148 Å². The van der Waals surface area contributed by atoms with E-state index in [1.165, 1.54) is 38.5 Å². The van der Waals surface area contributed by atoms with Crippen LogP contribution in [-0.2, 0) is 19.1 Å². The number of rotatable bonds is 30. The Morgan fingerprint density at radius 1 is 0.838 bits per heavy atom. The van der Waals surface area contributed by atoms with Crippen molar-refractivity contribution in [1.29, 1.82) is 0 Å². The van der Waals surface area contributed by atoms with E-state index in [4.69, 9.17) is 28.9 Å². The number of nitrogens with zero attached hydrogens (tertiary/aromatic N) is 2. The molecular weight excluding hydrogens is 857 g/mol. The summed E-state index contributed by atoms with van der Waals surface area (Å²) >= 11 is 0. The van der Waals surface area contributed by atoms with Crippen molar-refractivity contribution in [2.45, 2.75) is 160 Å². The molecule has 0 aromatic heterocycles. The van der Waals surface area contributed by atoms with Crippen LogP contribution in [0.25, 0.3) is 10.8 Å². The molecule has 6 unspecified atom stereocenters. The summed E-state index contributed by atoms with van der Waals surface area (Å²) in [5.41, 5.74) is 2.15. The lowest BCUT2D eigenvalue weighted by molar-refractivity contribution is -0.258. The van der Waals surface area contributed by atoms with Crippen LogP contribution in [0.5, 0.6) is 17.2 Å². The fourth-order valence-corrected chi connectivity index (χ4v) is 10.8. The molecule has 3 aromatic rings. The number of ether oxygens (including phenoxy) is 4. The number of hydrogen-bond donors (Lipinski definition) is 3. The van der Waals surface area contributed by atoms with Crippen LogP contribution in [-0.4, -0.2) is 95.5 Å². The summed E-state index contributed by atoms with van der Waals surface area (Å²) in [5.74, 6) is 0.228. The molecule has 0 spiro atoms. The predicted octanol–water partition coefficient (Wildman–Crippen LogP) is 11.8. The van der Waals surface area contributed by atoms with Gasteiger partial charge in [-0.2, -0.15) is 0 Å². The van der Waals surface area contributed by atoms with Crippen LogP contribution in [0.2, 0.25) is 0 Å². The second-order valence-electron chi connectivity index (χ2n) is 20.1. The van der Waals surface area contributed by atoms with Gasteiger partial charge in [0.25, 0.3) is 0 Å². The molecule has 68 heavy (non-hydrogen) atoms. The smallest absolute Gasteiger partial charge is 0.239 e. The molecule has 0 radical (unpaired) electrons. The minimum atomic E-state index is -1.38. The van der Waals surface area contributed by atoms with E-state index in [0.29, 0.717) is 37.2 Å². The number of carbonyl (C=O) groups excluding carboxylic acids is 1. The highest BCUT2D eigenvalue weighted by atomic mass is 16.7. The number of fused-ring (bicyclic) bond motifs is 3. The summed E-state index contributed by atoms with van der Waals surface area (Å²) < 4.78 is 27.3. The number of oxime groups is 1. The van der Waals surface area contributed by atoms with Crippen molar-refractivity contribution >= 4 is 22.4 Å². The quantitative estimate of drug-likeness (QED) is 0.0339. The molecule has 3 N–H and O–H groups in total. The van der Waals surface area contributed by atoms with Gasteiger partial charge in [-0.1, -0.05) is 119 Å². The van der Waals surface area contributed by atoms with Gasteiger partial charge < -0.3 is 44.0 Å². The lowest BCUT2D eigenvalue weighted by Gasteiger charge is -2.60. The topological polar surface area (TPSA) is 140 Å². The van der Waals surface area contributed by atoms with Crippen LogP contribution in [0.15, 0.2) is 90.1 Å². The van der Waals surface area contributed by atoms with E-state index in [-0.39, 0.29) is 69.8 Å². The largest absolute Gasteiger partial charge is 0.459 e. The molecule has 11 nitrogen and oxygen atoms in total. The van der Waals surface area contributed by atoms with Crippen LogP contribution in [0.4, 0.5) is 0 Å². The normalized spacial score (nSPS) is 22.5. The SMILES string of the molecule is C=CCOC12Oc3ccc(Oc4ccc5ccccc5c4)cc3C3C(CCCCO)C(CCCCO)C=C(C(=NOC(C)(C)C)CC1N(CCOCCO)C(=O)CCCCCCCCCCC)C32. The summed E-state index contributed by atoms with van der Waals surface area (Å²) in [5, 5.41) is 37.0. The van der Waals surface area contributed by atoms with Gasteiger partial charge in [0, 0.05) is 44.1 Å². The molecule has 1 aliphatic heterocycles. The van der Waals surface area contributed by atoms with Crippen LogP contribution >= 0.6 is 0 Å². The second-order valence-corrected chi connectivity index (χ2v) is 20.1. The second kappa shape index (κ2) is 26.6. The summed E-state index contributed by atoms with van der Waals surface area (Å²) in [7, 11) is 0. The first-order chi connectivity index (χ1) is 33.1. The Morgan fingerprint density at radius 3 is 2.24 bits per heavy atom. The van der Waals surface area contributed by atoms with Gasteiger partial charge in [0.1, 0.15) is 28.9 Å². The van der Waals surface area contributed by atoms with Crippen molar-refractivity contribution in [3.8, 4) is 17.2 Å².